The molecule has 21 heavy (non-hydrogen) atoms. The maximum Gasteiger partial charge on any atom is 0.241 e. The maximum absolute atomic E-state index is 12.2. The van der Waals surface area contributed by atoms with Crippen molar-refractivity contribution in [1.82, 2.24) is 10.0 Å². The highest BCUT2D eigenvalue weighted by molar-refractivity contribution is 7.89. The van der Waals surface area contributed by atoms with Crippen LogP contribution in [0.4, 0.5) is 0 Å². The zero-order valence-corrected chi connectivity index (χ0v) is 13.8. The summed E-state index contributed by atoms with van der Waals surface area (Å²) in [6.45, 7) is 5.48. The molecule has 1 aliphatic heterocycles. The Bertz CT molecular complexity index is 524. The minimum atomic E-state index is -3.47. The molecule has 0 aliphatic carbocycles. The monoisotopic (exact) mass is 334 g/mol. The van der Waals surface area contributed by atoms with E-state index in [2.05, 4.69) is 17.0 Å². The molecule has 8 heteroatoms. The van der Waals surface area contributed by atoms with Crippen molar-refractivity contribution in [2.45, 2.75) is 30.9 Å². The Morgan fingerprint density at radius 2 is 2.29 bits per heavy atom. The predicted molar refractivity (Wildman–Crippen MR) is 82.1 cm³/mol. The molecule has 0 bridgehead atoms. The van der Waals surface area contributed by atoms with Gasteiger partial charge in [0.1, 0.15) is 0 Å². The Labute approximate surface area is 129 Å². The normalized spacial score (nSPS) is 19.8. The van der Waals surface area contributed by atoms with Gasteiger partial charge in [-0.3, -0.25) is 0 Å². The van der Waals surface area contributed by atoms with Crippen molar-refractivity contribution < 1.29 is 17.9 Å². The van der Waals surface area contributed by atoms with E-state index in [4.69, 9.17) is 9.47 Å². The molecule has 1 aromatic heterocycles. The number of hydrogen-bond acceptors (Lipinski definition) is 6. The summed E-state index contributed by atoms with van der Waals surface area (Å²) in [5.41, 5.74) is 0. The number of sulfonamides is 1. The van der Waals surface area contributed by atoms with Gasteiger partial charge in [0.05, 0.1) is 30.8 Å². The van der Waals surface area contributed by atoms with Crippen molar-refractivity contribution >= 4 is 21.4 Å². The molecule has 6 nitrogen and oxygen atoms in total. The second kappa shape index (κ2) is 8.21. The summed E-state index contributed by atoms with van der Waals surface area (Å²) in [4.78, 5) is 1.33. The summed E-state index contributed by atoms with van der Waals surface area (Å²) in [6, 6.07) is 1.72. The summed E-state index contributed by atoms with van der Waals surface area (Å²) >= 11 is 1.45. The number of thiophene rings is 1. The SMILES string of the molecule is CCCNCc1cc(S(=O)(=O)NCC2COCCO2)cs1. The molecule has 2 rings (SSSR count). The molecule has 0 amide bonds. The lowest BCUT2D eigenvalue weighted by atomic mass is 10.3. The molecule has 1 atom stereocenters. The summed E-state index contributed by atoms with van der Waals surface area (Å²) < 4.78 is 37.6. The van der Waals surface area contributed by atoms with E-state index in [0.29, 0.717) is 31.3 Å². The molecule has 120 valence electrons. The number of nitrogens with one attached hydrogen (secondary N) is 2. The van der Waals surface area contributed by atoms with Crippen LogP contribution in [0.5, 0.6) is 0 Å². The van der Waals surface area contributed by atoms with Crippen LogP contribution in [-0.4, -0.2) is 47.4 Å². The first-order valence-corrected chi connectivity index (χ1v) is 9.45. The highest BCUT2D eigenvalue weighted by atomic mass is 32.2. The molecule has 1 aliphatic rings. The van der Waals surface area contributed by atoms with E-state index in [1.54, 1.807) is 11.4 Å². The Kier molecular flexibility index (Phi) is 6.59. The molecule has 0 spiro atoms. The molecule has 1 fully saturated rings. The quantitative estimate of drug-likeness (QED) is 0.692. The van der Waals surface area contributed by atoms with E-state index in [1.165, 1.54) is 11.3 Å². The highest BCUT2D eigenvalue weighted by Gasteiger charge is 2.20. The standard InChI is InChI=1S/C13H22N2O4S2/c1-2-3-14-8-12-6-13(10-20-12)21(16,17)15-7-11-9-18-4-5-19-11/h6,10-11,14-15H,2-5,7-9H2,1H3. The van der Waals surface area contributed by atoms with Gasteiger partial charge < -0.3 is 14.8 Å². The number of hydrogen-bond donors (Lipinski definition) is 2. The van der Waals surface area contributed by atoms with Gasteiger partial charge in [0, 0.05) is 23.3 Å². The number of rotatable bonds is 8. The molecule has 0 aromatic carbocycles. The lowest BCUT2D eigenvalue weighted by Crippen LogP contribution is -2.39. The van der Waals surface area contributed by atoms with Gasteiger partial charge in [-0.2, -0.15) is 0 Å². The van der Waals surface area contributed by atoms with E-state index < -0.39 is 10.0 Å². The smallest absolute Gasteiger partial charge is 0.241 e. The van der Waals surface area contributed by atoms with Gasteiger partial charge in [0.25, 0.3) is 0 Å². The zero-order chi connectivity index (χ0) is 15.1. The van der Waals surface area contributed by atoms with E-state index in [9.17, 15) is 8.42 Å². The lowest BCUT2D eigenvalue weighted by molar-refractivity contribution is -0.0846. The van der Waals surface area contributed by atoms with Crippen molar-refractivity contribution in [1.29, 1.82) is 0 Å². The molecular weight excluding hydrogens is 312 g/mol. The van der Waals surface area contributed by atoms with Crippen molar-refractivity contribution in [3.63, 3.8) is 0 Å². The Morgan fingerprint density at radius 1 is 1.43 bits per heavy atom. The summed E-state index contributed by atoms with van der Waals surface area (Å²) in [6.07, 6.45) is 0.847. The second-order valence-corrected chi connectivity index (χ2v) is 7.61. The third-order valence-corrected chi connectivity index (χ3v) is 5.54. The fourth-order valence-electron chi connectivity index (χ4n) is 1.92. The van der Waals surface area contributed by atoms with Crippen molar-refractivity contribution in [3.8, 4) is 0 Å². The first kappa shape index (κ1) is 16.9. The van der Waals surface area contributed by atoms with Crippen molar-refractivity contribution in [2.75, 3.05) is 32.9 Å². The van der Waals surface area contributed by atoms with Crippen LogP contribution in [0.25, 0.3) is 0 Å². The molecule has 2 heterocycles. The van der Waals surface area contributed by atoms with Gasteiger partial charge in [-0.1, -0.05) is 6.92 Å². The largest absolute Gasteiger partial charge is 0.376 e. The fourth-order valence-corrected chi connectivity index (χ4v) is 4.23. The van der Waals surface area contributed by atoms with Gasteiger partial charge in [-0.25, -0.2) is 13.1 Å². The third-order valence-electron chi connectivity index (χ3n) is 3.05. The van der Waals surface area contributed by atoms with Crippen LogP contribution in [0.3, 0.4) is 0 Å². The first-order valence-electron chi connectivity index (χ1n) is 7.09. The van der Waals surface area contributed by atoms with Crippen molar-refractivity contribution in [3.05, 3.63) is 16.3 Å². The Morgan fingerprint density at radius 3 is 3.00 bits per heavy atom. The molecule has 0 radical (unpaired) electrons. The van der Waals surface area contributed by atoms with Gasteiger partial charge in [0.2, 0.25) is 10.0 Å². The van der Waals surface area contributed by atoms with Crippen LogP contribution in [0.1, 0.15) is 18.2 Å². The van der Waals surface area contributed by atoms with Crippen LogP contribution >= 0.6 is 11.3 Å². The van der Waals surface area contributed by atoms with E-state index in [-0.39, 0.29) is 12.6 Å². The highest BCUT2D eigenvalue weighted by Crippen LogP contribution is 2.19. The fraction of sp³-hybridized carbons (Fsp3) is 0.692. The van der Waals surface area contributed by atoms with E-state index in [1.807, 2.05) is 0 Å². The molecular formula is C13H22N2O4S2. The average molecular weight is 334 g/mol. The summed E-state index contributed by atoms with van der Waals surface area (Å²) in [5, 5.41) is 4.93. The zero-order valence-electron chi connectivity index (χ0n) is 12.1. The molecule has 2 N–H and O–H groups in total. The number of ether oxygens (including phenoxy) is 2. The molecule has 1 saturated heterocycles. The molecule has 1 unspecified atom stereocenters. The van der Waals surface area contributed by atoms with Crippen LogP contribution in [0.15, 0.2) is 16.3 Å². The molecule has 0 saturated carbocycles. The van der Waals surface area contributed by atoms with Gasteiger partial charge in [0.15, 0.2) is 0 Å². The maximum atomic E-state index is 12.2. The van der Waals surface area contributed by atoms with Crippen molar-refractivity contribution in [2.24, 2.45) is 0 Å². The van der Waals surface area contributed by atoms with Crippen LogP contribution in [0.2, 0.25) is 0 Å². The Hall–Kier alpha value is -0.510. The van der Waals surface area contributed by atoms with Gasteiger partial charge >= 0.3 is 0 Å². The summed E-state index contributed by atoms with van der Waals surface area (Å²) in [7, 11) is -3.47. The minimum Gasteiger partial charge on any atom is -0.376 e. The predicted octanol–water partition coefficient (Wildman–Crippen LogP) is 0.941. The topological polar surface area (TPSA) is 76.7 Å². The average Bonchev–Trinajstić information content (AvgIpc) is 2.96. The minimum absolute atomic E-state index is 0.210. The van der Waals surface area contributed by atoms with Crippen LogP contribution < -0.4 is 10.0 Å². The van der Waals surface area contributed by atoms with Gasteiger partial charge in [-0.15, -0.1) is 11.3 Å². The third kappa shape index (κ3) is 5.32. The van der Waals surface area contributed by atoms with Crippen LogP contribution in [-0.2, 0) is 26.0 Å². The first-order chi connectivity index (χ1) is 10.1. The lowest BCUT2D eigenvalue weighted by Gasteiger charge is -2.22. The van der Waals surface area contributed by atoms with Crippen LogP contribution in [0, 0.1) is 0 Å². The summed E-state index contributed by atoms with van der Waals surface area (Å²) in [5.74, 6) is 0. The van der Waals surface area contributed by atoms with Gasteiger partial charge in [-0.05, 0) is 19.0 Å². The molecule has 1 aromatic rings. The second-order valence-electron chi connectivity index (χ2n) is 4.85. The van der Waals surface area contributed by atoms with E-state index >= 15 is 0 Å². The van der Waals surface area contributed by atoms with E-state index in [0.717, 1.165) is 17.8 Å². The Balaban J connectivity index is 1.86.